The number of amides is 1. The summed E-state index contributed by atoms with van der Waals surface area (Å²) < 4.78 is 0. The maximum Gasteiger partial charge on any atom is 0.211 e. The fourth-order valence-corrected chi connectivity index (χ4v) is 1.40. The van der Waals surface area contributed by atoms with Crippen LogP contribution in [-0.2, 0) is 4.79 Å². The van der Waals surface area contributed by atoms with Gasteiger partial charge in [-0.3, -0.25) is 4.79 Å². The summed E-state index contributed by atoms with van der Waals surface area (Å²) in [5, 5.41) is 6.02. The Bertz CT molecular complexity index is 321. The molecule has 0 aromatic heterocycles. The molecule has 0 bridgehead atoms. The first kappa shape index (κ1) is 9.06. The standard InChI is InChI=1S/C11H14N2O/c14-8-13-11-4-2-1-3-10(11)12-7-9-5-6-9/h1-4,8-9,12H,5-7H2,(H,13,14). The number of para-hydroxylation sites is 2. The van der Waals surface area contributed by atoms with Gasteiger partial charge in [-0.05, 0) is 30.9 Å². The largest absolute Gasteiger partial charge is 0.383 e. The van der Waals surface area contributed by atoms with Gasteiger partial charge in [-0.15, -0.1) is 0 Å². The van der Waals surface area contributed by atoms with E-state index in [-0.39, 0.29) is 0 Å². The molecular formula is C11H14N2O. The van der Waals surface area contributed by atoms with Gasteiger partial charge in [0, 0.05) is 6.54 Å². The lowest BCUT2D eigenvalue weighted by molar-refractivity contribution is -0.105. The number of carbonyl (C=O) groups is 1. The van der Waals surface area contributed by atoms with E-state index in [1.54, 1.807) is 0 Å². The molecule has 0 atom stereocenters. The molecule has 0 aliphatic heterocycles. The van der Waals surface area contributed by atoms with Gasteiger partial charge in [0.25, 0.3) is 0 Å². The zero-order valence-corrected chi connectivity index (χ0v) is 7.99. The van der Waals surface area contributed by atoms with E-state index in [1.807, 2.05) is 24.3 Å². The van der Waals surface area contributed by atoms with Gasteiger partial charge in [0.05, 0.1) is 11.4 Å². The molecule has 0 spiro atoms. The van der Waals surface area contributed by atoms with Crippen LogP contribution in [-0.4, -0.2) is 13.0 Å². The van der Waals surface area contributed by atoms with Gasteiger partial charge in [-0.1, -0.05) is 12.1 Å². The van der Waals surface area contributed by atoms with E-state index in [4.69, 9.17) is 0 Å². The normalized spacial score (nSPS) is 14.9. The van der Waals surface area contributed by atoms with Crippen LogP contribution in [0.3, 0.4) is 0 Å². The van der Waals surface area contributed by atoms with Gasteiger partial charge in [0.1, 0.15) is 0 Å². The molecule has 2 N–H and O–H groups in total. The van der Waals surface area contributed by atoms with Crippen LogP contribution in [0.25, 0.3) is 0 Å². The average molecular weight is 190 g/mol. The van der Waals surface area contributed by atoms with E-state index in [2.05, 4.69) is 10.6 Å². The Morgan fingerprint density at radius 3 is 2.64 bits per heavy atom. The van der Waals surface area contributed by atoms with Crippen LogP contribution in [0.5, 0.6) is 0 Å². The van der Waals surface area contributed by atoms with Crippen LogP contribution >= 0.6 is 0 Å². The summed E-state index contributed by atoms with van der Waals surface area (Å²) in [5.74, 6) is 0.833. The molecule has 0 saturated heterocycles. The van der Waals surface area contributed by atoms with Crippen LogP contribution in [0.15, 0.2) is 24.3 Å². The van der Waals surface area contributed by atoms with Crippen LogP contribution < -0.4 is 10.6 Å². The molecule has 1 aliphatic carbocycles. The second-order valence-corrected chi connectivity index (χ2v) is 3.63. The molecule has 0 heterocycles. The predicted octanol–water partition coefficient (Wildman–Crippen LogP) is 2.08. The van der Waals surface area contributed by atoms with E-state index in [0.717, 1.165) is 23.8 Å². The van der Waals surface area contributed by atoms with E-state index in [1.165, 1.54) is 12.8 Å². The van der Waals surface area contributed by atoms with Gasteiger partial charge in [-0.25, -0.2) is 0 Å². The topological polar surface area (TPSA) is 41.1 Å². The number of carbonyl (C=O) groups excluding carboxylic acids is 1. The highest BCUT2D eigenvalue weighted by molar-refractivity contribution is 5.80. The molecule has 1 saturated carbocycles. The van der Waals surface area contributed by atoms with Crippen molar-refractivity contribution in [3.63, 3.8) is 0 Å². The van der Waals surface area contributed by atoms with Gasteiger partial charge in [0.15, 0.2) is 0 Å². The Hall–Kier alpha value is -1.51. The minimum atomic E-state index is 0.706. The lowest BCUT2D eigenvalue weighted by atomic mass is 10.2. The summed E-state index contributed by atoms with van der Waals surface area (Å²) in [4.78, 5) is 10.3. The number of hydrogen-bond donors (Lipinski definition) is 2. The molecule has 1 aromatic rings. The molecule has 1 fully saturated rings. The molecule has 1 aliphatic rings. The first-order valence-corrected chi connectivity index (χ1v) is 4.93. The smallest absolute Gasteiger partial charge is 0.211 e. The molecule has 1 amide bonds. The van der Waals surface area contributed by atoms with Crippen molar-refractivity contribution in [2.45, 2.75) is 12.8 Å². The van der Waals surface area contributed by atoms with Crippen molar-refractivity contribution in [2.75, 3.05) is 17.2 Å². The summed E-state index contributed by atoms with van der Waals surface area (Å²) in [6.07, 6.45) is 3.37. The van der Waals surface area contributed by atoms with Crippen LogP contribution in [0.4, 0.5) is 11.4 Å². The molecule has 3 nitrogen and oxygen atoms in total. The monoisotopic (exact) mass is 190 g/mol. The summed E-state index contributed by atoms with van der Waals surface area (Å²) in [7, 11) is 0. The summed E-state index contributed by atoms with van der Waals surface area (Å²) in [5.41, 5.74) is 1.86. The Balaban J connectivity index is 2.01. The van der Waals surface area contributed by atoms with Crippen LogP contribution in [0, 0.1) is 5.92 Å². The zero-order chi connectivity index (χ0) is 9.80. The van der Waals surface area contributed by atoms with Gasteiger partial charge < -0.3 is 10.6 Å². The predicted molar refractivity (Wildman–Crippen MR) is 57.3 cm³/mol. The zero-order valence-electron chi connectivity index (χ0n) is 7.99. The van der Waals surface area contributed by atoms with Crippen molar-refractivity contribution in [1.29, 1.82) is 0 Å². The molecule has 74 valence electrons. The van der Waals surface area contributed by atoms with Crippen molar-refractivity contribution in [3.05, 3.63) is 24.3 Å². The van der Waals surface area contributed by atoms with E-state index in [0.29, 0.717) is 6.41 Å². The van der Waals surface area contributed by atoms with Gasteiger partial charge in [-0.2, -0.15) is 0 Å². The van der Waals surface area contributed by atoms with Gasteiger partial charge >= 0.3 is 0 Å². The Morgan fingerprint density at radius 1 is 1.29 bits per heavy atom. The maximum absolute atomic E-state index is 10.3. The average Bonchev–Trinajstić information content (AvgIpc) is 3.01. The van der Waals surface area contributed by atoms with E-state index < -0.39 is 0 Å². The molecular weight excluding hydrogens is 176 g/mol. The highest BCUT2D eigenvalue weighted by atomic mass is 16.1. The third-order valence-corrected chi connectivity index (χ3v) is 2.42. The summed E-state index contributed by atoms with van der Waals surface area (Å²) in [6.45, 7) is 1.01. The third kappa shape index (κ3) is 2.25. The Kier molecular flexibility index (Phi) is 2.68. The second kappa shape index (κ2) is 4.13. The Labute approximate surface area is 83.5 Å². The Morgan fingerprint density at radius 2 is 2.00 bits per heavy atom. The third-order valence-electron chi connectivity index (χ3n) is 2.42. The SMILES string of the molecule is O=CNc1ccccc1NCC1CC1. The number of hydrogen-bond acceptors (Lipinski definition) is 2. The molecule has 0 radical (unpaired) electrons. The number of benzene rings is 1. The van der Waals surface area contributed by atoms with E-state index in [9.17, 15) is 4.79 Å². The van der Waals surface area contributed by atoms with Crippen LogP contribution in [0.1, 0.15) is 12.8 Å². The second-order valence-electron chi connectivity index (χ2n) is 3.63. The van der Waals surface area contributed by atoms with Crippen LogP contribution in [0.2, 0.25) is 0 Å². The van der Waals surface area contributed by atoms with Crippen molar-refractivity contribution in [2.24, 2.45) is 5.92 Å². The lowest BCUT2D eigenvalue weighted by Gasteiger charge is -2.09. The minimum Gasteiger partial charge on any atom is -0.383 e. The number of anilines is 2. The van der Waals surface area contributed by atoms with Crippen molar-refractivity contribution >= 4 is 17.8 Å². The van der Waals surface area contributed by atoms with Crippen molar-refractivity contribution < 1.29 is 4.79 Å². The first-order chi connectivity index (χ1) is 6.90. The number of nitrogens with one attached hydrogen (secondary N) is 2. The van der Waals surface area contributed by atoms with Gasteiger partial charge in [0.2, 0.25) is 6.41 Å². The summed E-state index contributed by atoms with van der Waals surface area (Å²) in [6, 6.07) is 7.75. The molecule has 3 heteroatoms. The summed E-state index contributed by atoms with van der Waals surface area (Å²) >= 11 is 0. The molecule has 14 heavy (non-hydrogen) atoms. The highest BCUT2D eigenvalue weighted by Crippen LogP contribution is 2.30. The van der Waals surface area contributed by atoms with E-state index >= 15 is 0 Å². The first-order valence-electron chi connectivity index (χ1n) is 4.93. The van der Waals surface area contributed by atoms with Crippen molar-refractivity contribution in [1.82, 2.24) is 0 Å². The minimum absolute atomic E-state index is 0.706. The molecule has 0 unspecified atom stereocenters. The van der Waals surface area contributed by atoms with Crippen molar-refractivity contribution in [3.8, 4) is 0 Å². The lowest BCUT2D eigenvalue weighted by Crippen LogP contribution is -2.06. The maximum atomic E-state index is 10.3. The fourth-order valence-electron chi connectivity index (χ4n) is 1.40. The molecule has 2 rings (SSSR count). The highest BCUT2D eigenvalue weighted by Gasteiger charge is 2.20. The number of rotatable bonds is 5. The molecule has 1 aromatic carbocycles. The quantitative estimate of drug-likeness (QED) is 0.698. The fraction of sp³-hybridized carbons (Fsp3) is 0.364.